The molecule has 0 spiro atoms. The molecular formula is C19H20Cl2O3. The van der Waals surface area contributed by atoms with Crippen LogP contribution in [0.5, 0.6) is 0 Å². The van der Waals surface area contributed by atoms with Gasteiger partial charge in [0.25, 0.3) is 0 Å². The summed E-state index contributed by atoms with van der Waals surface area (Å²) in [6, 6.07) is 17.6. The lowest BCUT2D eigenvalue weighted by Crippen LogP contribution is -2.41. The molecule has 1 unspecified atom stereocenters. The first kappa shape index (κ1) is 18.8. The normalized spacial score (nSPS) is 13.4. The summed E-state index contributed by atoms with van der Waals surface area (Å²) in [7, 11) is 0. The summed E-state index contributed by atoms with van der Waals surface area (Å²) in [6.07, 6.45) is -1.17. The van der Waals surface area contributed by atoms with E-state index in [0.717, 1.165) is 0 Å². The Hall–Kier alpha value is -1.55. The lowest BCUT2D eigenvalue weighted by Gasteiger charge is -2.34. The van der Waals surface area contributed by atoms with E-state index in [0.29, 0.717) is 11.1 Å². The van der Waals surface area contributed by atoms with Crippen LogP contribution in [-0.4, -0.2) is 17.9 Å². The predicted molar refractivity (Wildman–Crippen MR) is 96.3 cm³/mol. The minimum absolute atomic E-state index is 0.400. The highest BCUT2D eigenvalue weighted by Gasteiger charge is 2.43. The van der Waals surface area contributed by atoms with Crippen LogP contribution in [0.3, 0.4) is 0 Å². The molecule has 3 nitrogen and oxygen atoms in total. The van der Waals surface area contributed by atoms with Gasteiger partial charge in [-0.25, -0.2) is 4.79 Å². The maximum absolute atomic E-state index is 12.4. The number of esters is 1. The minimum Gasteiger partial charge on any atom is -0.428 e. The molecule has 0 N–H and O–H groups in total. The Morgan fingerprint density at radius 2 is 1.42 bits per heavy atom. The average molecular weight is 367 g/mol. The van der Waals surface area contributed by atoms with Crippen molar-refractivity contribution < 1.29 is 14.3 Å². The van der Waals surface area contributed by atoms with Gasteiger partial charge in [-0.05, 0) is 38.5 Å². The summed E-state index contributed by atoms with van der Waals surface area (Å²) < 4.78 is 9.81. The second kappa shape index (κ2) is 7.56. The quantitative estimate of drug-likeness (QED) is 0.408. The fourth-order valence-electron chi connectivity index (χ4n) is 2.03. The van der Waals surface area contributed by atoms with Crippen LogP contribution in [0.15, 0.2) is 60.7 Å². The fraction of sp³-hybridized carbons (Fsp3) is 0.316. The topological polar surface area (TPSA) is 35.5 Å². The molecule has 0 radical (unpaired) electrons. The fourth-order valence-corrected chi connectivity index (χ4v) is 2.46. The summed E-state index contributed by atoms with van der Waals surface area (Å²) in [5.41, 5.74) is 0.381. The van der Waals surface area contributed by atoms with Gasteiger partial charge < -0.3 is 9.47 Å². The van der Waals surface area contributed by atoms with Crippen molar-refractivity contribution in [3.05, 3.63) is 71.8 Å². The molecule has 1 atom stereocenters. The maximum Gasteiger partial charge on any atom is 0.340 e. The highest BCUT2D eigenvalue weighted by molar-refractivity contribution is 6.48. The van der Waals surface area contributed by atoms with Crippen molar-refractivity contribution in [3.63, 3.8) is 0 Å². The zero-order chi connectivity index (χ0) is 17.8. The van der Waals surface area contributed by atoms with Gasteiger partial charge in [0.15, 0.2) is 0 Å². The van der Waals surface area contributed by atoms with Crippen molar-refractivity contribution in [1.82, 2.24) is 0 Å². The first-order chi connectivity index (χ1) is 11.2. The number of halogens is 2. The third-order valence-electron chi connectivity index (χ3n) is 3.14. The zero-order valence-electron chi connectivity index (χ0n) is 13.8. The van der Waals surface area contributed by atoms with Gasteiger partial charge in [0.05, 0.1) is 11.2 Å². The SMILES string of the molecule is CC(C)(C)OC(OC(=O)c1ccccc1)C(Cl)(Cl)c1ccccc1. The Morgan fingerprint density at radius 1 is 0.917 bits per heavy atom. The molecule has 2 aromatic rings. The van der Waals surface area contributed by atoms with Crippen LogP contribution in [0.4, 0.5) is 0 Å². The molecule has 5 heteroatoms. The molecule has 0 aliphatic carbocycles. The average Bonchev–Trinajstić information content (AvgIpc) is 2.54. The zero-order valence-corrected chi connectivity index (χ0v) is 15.3. The lowest BCUT2D eigenvalue weighted by molar-refractivity contribution is -0.176. The molecule has 0 saturated carbocycles. The number of rotatable bonds is 5. The van der Waals surface area contributed by atoms with Crippen LogP contribution in [0.1, 0.15) is 36.7 Å². The first-order valence-electron chi connectivity index (χ1n) is 7.57. The van der Waals surface area contributed by atoms with Crippen molar-refractivity contribution in [1.29, 1.82) is 0 Å². The van der Waals surface area contributed by atoms with Gasteiger partial charge in [-0.15, -0.1) is 0 Å². The van der Waals surface area contributed by atoms with E-state index in [4.69, 9.17) is 32.7 Å². The van der Waals surface area contributed by atoms with E-state index >= 15 is 0 Å². The Morgan fingerprint density at radius 3 is 1.92 bits per heavy atom. The number of alkyl halides is 2. The molecule has 0 aliphatic heterocycles. The van der Waals surface area contributed by atoms with Crippen molar-refractivity contribution in [2.45, 2.75) is 37.0 Å². The van der Waals surface area contributed by atoms with Gasteiger partial charge in [0, 0.05) is 0 Å². The molecular weight excluding hydrogens is 347 g/mol. The molecule has 0 saturated heterocycles. The van der Waals surface area contributed by atoms with Gasteiger partial charge in [0.1, 0.15) is 0 Å². The van der Waals surface area contributed by atoms with Gasteiger partial charge in [0.2, 0.25) is 10.6 Å². The van der Waals surface area contributed by atoms with Crippen LogP contribution in [0.2, 0.25) is 0 Å². The van der Waals surface area contributed by atoms with Crippen molar-refractivity contribution in [2.75, 3.05) is 0 Å². The molecule has 128 valence electrons. The molecule has 0 amide bonds. The summed E-state index contributed by atoms with van der Waals surface area (Å²) in [5, 5.41) is 0. The third-order valence-corrected chi connectivity index (χ3v) is 3.93. The lowest BCUT2D eigenvalue weighted by atomic mass is 10.1. The Kier molecular flexibility index (Phi) is 5.92. The van der Waals surface area contributed by atoms with Crippen LogP contribution >= 0.6 is 23.2 Å². The van der Waals surface area contributed by atoms with Crippen LogP contribution in [-0.2, 0) is 13.8 Å². The number of carbonyl (C=O) groups excluding carboxylic acids is 1. The second-order valence-electron chi connectivity index (χ2n) is 6.32. The summed E-state index contributed by atoms with van der Waals surface area (Å²) in [6.45, 7) is 5.52. The second-order valence-corrected chi connectivity index (χ2v) is 7.71. The molecule has 0 aliphatic rings. The molecule has 2 rings (SSSR count). The van der Waals surface area contributed by atoms with Crippen molar-refractivity contribution in [2.24, 2.45) is 0 Å². The highest BCUT2D eigenvalue weighted by Crippen LogP contribution is 2.41. The van der Waals surface area contributed by atoms with E-state index in [1.165, 1.54) is 0 Å². The largest absolute Gasteiger partial charge is 0.428 e. The van der Waals surface area contributed by atoms with E-state index in [9.17, 15) is 4.79 Å². The standard InChI is InChI=1S/C19H20Cl2O3/c1-18(2,3)24-17(19(20,21)15-12-8-5-9-13-15)23-16(22)14-10-6-4-7-11-14/h4-13,17H,1-3H3. The summed E-state index contributed by atoms with van der Waals surface area (Å²) >= 11 is 13.1. The summed E-state index contributed by atoms with van der Waals surface area (Å²) in [4.78, 5) is 12.4. The monoisotopic (exact) mass is 366 g/mol. The Labute approximate surface area is 152 Å². The van der Waals surface area contributed by atoms with E-state index in [1.807, 2.05) is 45.0 Å². The number of hydrogen-bond acceptors (Lipinski definition) is 3. The van der Waals surface area contributed by atoms with E-state index in [1.54, 1.807) is 36.4 Å². The van der Waals surface area contributed by atoms with Crippen LogP contribution in [0, 0.1) is 0 Å². The number of benzene rings is 2. The molecule has 0 fully saturated rings. The van der Waals surface area contributed by atoms with E-state index < -0.39 is 22.2 Å². The van der Waals surface area contributed by atoms with Crippen LogP contribution in [0.25, 0.3) is 0 Å². The van der Waals surface area contributed by atoms with Gasteiger partial charge in [-0.1, -0.05) is 71.7 Å². The highest BCUT2D eigenvalue weighted by atomic mass is 35.5. The van der Waals surface area contributed by atoms with Gasteiger partial charge in [-0.2, -0.15) is 0 Å². The van der Waals surface area contributed by atoms with Crippen molar-refractivity contribution >= 4 is 29.2 Å². The maximum atomic E-state index is 12.4. The van der Waals surface area contributed by atoms with Gasteiger partial charge >= 0.3 is 5.97 Å². The molecule has 0 heterocycles. The Balaban J connectivity index is 2.29. The number of ether oxygens (including phenoxy) is 2. The molecule has 24 heavy (non-hydrogen) atoms. The first-order valence-corrected chi connectivity index (χ1v) is 8.33. The van der Waals surface area contributed by atoms with E-state index in [2.05, 4.69) is 0 Å². The Bertz CT molecular complexity index is 664. The molecule has 0 bridgehead atoms. The number of hydrogen-bond donors (Lipinski definition) is 0. The molecule has 2 aromatic carbocycles. The minimum atomic E-state index is -1.54. The third kappa shape index (κ3) is 4.97. The van der Waals surface area contributed by atoms with Crippen molar-refractivity contribution in [3.8, 4) is 0 Å². The van der Waals surface area contributed by atoms with Crippen LogP contribution < -0.4 is 0 Å². The predicted octanol–water partition coefficient (Wildman–Crippen LogP) is 5.32. The van der Waals surface area contributed by atoms with E-state index in [-0.39, 0.29) is 0 Å². The number of carbonyl (C=O) groups is 1. The molecule has 0 aromatic heterocycles. The smallest absolute Gasteiger partial charge is 0.340 e. The van der Waals surface area contributed by atoms with Gasteiger partial charge in [-0.3, -0.25) is 0 Å². The summed E-state index contributed by atoms with van der Waals surface area (Å²) in [5.74, 6) is -0.550.